The zero-order valence-corrected chi connectivity index (χ0v) is 15.5. The van der Waals surface area contributed by atoms with Gasteiger partial charge in [-0.15, -0.1) is 0 Å². The van der Waals surface area contributed by atoms with Crippen molar-refractivity contribution in [2.75, 3.05) is 0 Å². The predicted molar refractivity (Wildman–Crippen MR) is 113 cm³/mol. The van der Waals surface area contributed by atoms with Crippen LogP contribution in [0.15, 0.2) is 83.9 Å². The van der Waals surface area contributed by atoms with Crippen molar-refractivity contribution in [3.63, 3.8) is 0 Å². The molecule has 0 unspecified atom stereocenters. The molecule has 3 aromatic carbocycles. The molecule has 5 aromatic rings. The summed E-state index contributed by atoms with van der Waals surface area (Å²) in [5.74, 6) is 1.48. The molecule has 0 aliphatic heterocycles. The molecule has 2 aromatic heterocycles. The van der Waals surface area contributed by atoms with Crippen molar-refractivity contribution in [2.45, 2.75) is 6.54 Å². The molecule has 5 heteroatoms. The highest BCUT2D eigenvalue weighted by Crippen LogP contribution is 2.23. The zero-order valence-electron chi connectivity index (χ0n) is 15.5. The molecular formula is C23H19N5. The highest BCUT2D eigenvalue weighted by molar-refractivity contribution is 5.86. The number of benzene rings is 3. The maximum atomic E-state index is 4.74. The van der Waals surface area contributed by atoms with Crippen molar-refractivity contribution < 1.29 is 0 Å². The van der Waals surface area contributed by atoms with Gasteiger partial charge in [-0.2, -0.15) is 0 Å². The Balaban J connectivity index is 1.59. The van der Waals surface area contributed by atoms with Crippen LogP contribution in [0, 0.1) is 0 Å². The second kappa shape index (κ2) is 6.78. The average Bonchev–Trinajstić information content (AvgIpc) is 3.25. The van der Waals surface area contributed by atoms with Gasteiger partial charge in [0.1, 0.15) is 0 Å². The summed E-state index contributed by atoms with van der Waals surface area (Å²) in [6, 6.07) is 26.6. The van der Waals surface area contributed by atoms with Gasteiger partial charge in [-0.3, -0.25) is 0 Å². The van der Waals surface area contributed by atoms with Gasteiger partial charge in [-0.25, -0.2) is 15.0 Å². The van der Waals surface area contributed by atoms with E-state index in [2.05, 4.69) is 45.9 Å². The zero-order chi connectivity index (χ0) is 18.9. The molecular weight excluding hydrogens is 346 g/mol. The minimum atomic E-state index is 0.678. The highest BCUT2D eigenvalue weighted by Gasteiger charge is 2.11. The number of hydrogen-bond donors (Lipinski definition) is 0. The fourth-order valence-corrected chi connectivity index (χ4v) is 3.48. The molecule has 136 valence electrons. The van der Waals surface area contributed by atoms with Crippen LogP contribution in [0.3, 0.4) is 0 Å². The Bertz CT molecular complexity index is 1290. The number of fused-ring (bicyclic) bond motifs is 2. The van der Waals surface area contributed by atoms with Crippen LogP contribution in [-0.2, 0) is 13.6 Å². The smallest absolute Gasteiger partial charge is 0.230 e. The second-order valence-electron chi connectivity index (χ2n) is 6.75. The summed E-state index contributed by atoms with van der Waals surface area (Å²) in [6.07, 6.45) is 1.79. The van der Waals surface area contributed by atoms with Gasteiger partial charge in [0.2, 0.25) is 5.95 Å². The van der Waals surface area contributed by atoms with E-state index in [0.717, 1.165) is 34.4 Å². The Morgan fingerprint density at radius 2 is 1.43 bits per heavy atom. The lowest BCUT2D eigenvalue weighted by Gasteiger charge is -2.06. The Kier molecular flexibility index (Phi) is 3.98. The number of imidazole rings is 2. The average molecular weight is 365 g/mol. The van der Waals surface area contributed by atoms with Gasteiger partial charge in [0, 0.05) is 7.05 Å². The number of para-hydroxylation sites is 4. The first-order valence-electron chi connectivity index (χ1n) is 9.24. The van der Waals surface area contributed by atoms with Crippen molar-refractivity contribution in [1.29, 1.82) is 0 Å². The van der Waals surface area contributed by atoms with Crippen molar-refractivity contribution >= 4 is 34.2 Å². The van der Waals surface area contributed by atoms with Crippen LogP contribution in [0.5, 0.6) is 0 Å². The molecule has 0 atom stereocenters. The van der Waals surface area contributed by atoms with E-state index in [-0.39, 0.29) is 0 Å². The topological polar surface area (TPSA) is 48.0 Å². The number of aryl methyl sites for hydroxylation is 1. The first-order chi connectivity index (χ1) is 13.8. The van der Waals surface area contributed by atoms with E-state index in [4.69, 9.17) is 9.98 Å². The molecule has 0 amide bonds. The minimum absolute atomic E-state index is 0.678. The summed E-state index contributed by atoms with van der Waals surface area (Å²) in [6.45, 7) is 0.719. The largest absolute Gasteiger partial charge is 0.326 e. The molecule has 0 saturated carbocycles. The predicted octanol–water partition coefficient (Wildman–Crippen LogP) is 4.72. The Labute approximate surface area is 162 Å². The highest BCUT2D eigenvalue weighted by atomic mass is 15.2. The number of hydrogen-bond acceptors (Lipinski definition) is 3. The van der Waals surface area contributed by atoms with Gasteiger partial charge in [0.05, 0.1) is 34.8 Å². The molecule has 0 fully saturated rings. The molecule has 5 nitrogen and oxygen atoms in total. The van der Waals surface area contributed by atoms with Crippen LogP contribution in [0.4, 0.5) is 5.95 Å². The van der Waals surface area contributed by atoms with Gasteiger partial charge in [-0.1, -0.05) is 54.6 Å². The molecule has 0 aliphatic rings. The van der Waals surface area contributed by atoms with E-state index in [1.807, 2.05) is 54.1 Å². The lowest BCUT2D eigenvalue weighted by molar-refractivity contribution is 0.826. The summed E-state index contributed by atoms with van der Waals surface area (Å²) in [7, 11) is 2.00. The van der Waals surface area contributed by atoms with Crippen LogP contribution >= 0.6 is 0 Å². The van der Waals surface area contributed by atoms with Gasteiger partial charge >= 0.3 is 0 Å². The molecule has 0 radical (unpaired) electrons. The quantitative estimate of drug-likeness (QED) is 0.433. The molecule has 0 N–H and O–H groups in total. The Hall–Kier alpha value is -3.73. The molecule has 0 aliphatic carbocycles. The van der Waals surface area contributed by atoms with Crippen LogP contribution in [-0.4, -0.2) is 25.3 Å². The third-order valence-electron chi connectivity index (χ3n) is 4.94. The number of nitrogens with zero attached hydrogens (tertiary/aromatic N) is 5. The van der Waals surface area contributed by atoms with Crippen molar-refractivity contribution in [3.05, 3.63) is 90.3 Å². The third kappa shape index (κ3) is 2.87. The van der Waals surface area contributed by atoms with Crippen molar-refractivity contribution in [1.82, 2.24) is 19.1 Å². The van der Waals surface area contributed by atoms with E-state index in [0.29, 0.717) is 5.95 Å². The third-order valence-corrected chi connectivity index (χ3v) is 4.94. The molecule has 28 heavy (non-hydrogen) atoms. The normalized spacial score (nSPS) is 11.8. The molecule has 5 rings (SSSR count). The van der Waals surface area contributed by atoms with E-state index < -0.39 is 0 Å². The van der Waals surface area contributed by atoms with Crippen LogP contribution < -0.4 is 0 Å². The van der Waals surface area contributed by atoms with Crippen LogP contribution in [0.1, 0.15) is 11.4 Å². The molecule has 0 saturated heterocycles. The SMILES string of the molecule is Cn1c(/C=N/c2nc3ccccc3n2Cc2ccccc2)nc2ccccc21. The van der Waals surface area contributed by atoms with E-state index >= 15 is 0 Å². The van der Waals surface area contributed by atoms with E-state index in [1.54, 1.807) is 6.21 Å². The lowest BCUT2D eigenvalue weighted by atomic mass is 10.2. The second-order valence-corrected chi connectivity index (χ2v) is 6.75. The summed E-state index contributed by atoms with van der Waals surface area (Å²) in [5, 5.41) is 0. The van der Waals surface area contributed by atoms with Crippen molar-refractivity contribution in [3.8, 4) is 0 Å². The fourth-order valence-electron chi connectivity index (χ4n) is 3.48. The Morgan fingerprint density at radius 3 is 2.18 bits per heavy atom. The van der Waals surface area contributed by atoms with Gasteiger partial charge < -0.3 is 9.13 Å². The summed E-state index contributed by atoms with van der Waals surface area (Å²) < 4.78 is 4.19. The number of aliphatic imine (C=N–C) groups is 1. The molecule has 0 spiro atoms. The first kappa shape index (κ1) is 16.4. The van der Waals surface area contributed by atoms with Gasteiger partial charge in [-0.05, 0) is 29.8 Å². The van der Waals surface area contributed by atoms with Crippen molar-refractivity contribution in [2.24, 2.45) is 12.0 Å². The standard InChI is InChI=1S/C23H19N5/c1-27-20-13-7-5-11-18(20)25-22(27)15-24-23-26-19-12-6-8-14-21(19)28(23)16-17-9-3-2-4-10-17/h2-15H,16H2,1H3/b24-15+. The maximum absolute atomic E-state index is 4.74. The van der Waals surface area contributed by atoms with Gasteiger partial charge in [0.15, 0.2) is 5.82 Å². The summed E-state index contributed by atoms with van der Waals surface area (Å²) in [5.41, 5.74) is 5.27. The number of aromatic nitrogens is 4. The van der Waals surface area contributed by atoms with Crippen LogP contribution in [0.2, 0.25) is 0 Å². The van der Waals surface area contributed by atoms with Gasteiger partial charge in [0.25, 0.3) is 0 Å². The number of rotatable bonds is 4. The van der Waals surface area contributed by atoms with Crippen LogP contribution in [0.25, 0.3) is 22.1 Å². The fraction of sp³-hybridized carbons (Fsp3) is 0.0870. The summed E-state index contributed by atoms with van der Waals surface area (Å²) >= 11 is 0. The minimum Gasteiger partial charge on any atom is -0.326 e. The van der Waals surface area contributed by atoms with E-state index in [1.165, 1.54) is 5.56 Å². The molecule has 0 bridgehead atoms. The lowest BCUT2D eigenvalue weighted by Crippen LogP contribution is -2.00. The molecule has 2 heterocycles. The maximum Gasteiger partial charge on any atom is 0.230 e. The summed E-state index contributed by atoms with van der Waals surface area (Å²) in [4.78, 5) is 14.1. The first-order valence-corrected chi connectivity index (χ1v) is 9.24. The Morgan fingerprint density at radius 1 is 0.786 bits per heavy atom. The monoisotopic (exact) mass is 365 g/mol. The van der Waals surface area contributed by atoms with E-state index in [9.17, 15) is 0 Å².